The molecule has 1 amide bonds. The van der Waals surface area contributed by atoms with E-state index in [4.69, 9.17) is 0 Å². The van der Waals surface area contributed by atoms with Crippen LogP contribution < -0.4 is 10.9 Å². The van der Waals surface area contributed by atoms with Gasteiger partial charge < -0.3 is 10.3 Å². The van der Waals surface area contributed by atoms with Gasteiger partial charge in [0, 0.05) is 18.7 Å². The fourth-order valence-corrected chi connectivity index (χ4v) is 2.21. The first-order chi connectivity index (χ1) is 9.19. The van der Waals surface area contributed by atoms with Crippen LogP contribution in [0.4, 0.5) is 0 Å². The maximum atomic E-state index is 11.6. The maximum Gasteiger partial charge on any atom is 0.252 e. The van der Waals surface area contributed by atoms with Crippen LogP contribution >= 0.6 is 11.8 Å². The first-order valence-corrected chi connectivity index (χ1v) is 6.68. The van der Waals surface area contributed by atoms with Crippen LogP contribution in [0.2, 0.25) is 0 Å². The minimum atomic E-state index is -0.228. The number of hydrogen-bond acceptors (Lipinski definition) is 4. The summed E-state index contributed by atoms with van der Waals surface area (Å²) in [5.41, 5.74) is 1.24. The van der Waals surface area contributed by atoms with Gasteiger partial charge in [-0.2, -0.15) is 0 Å². The van der Waals surface area contributed by atoms with Gasteiger partial charge in [0.15, 0.2) is 5.16 Å². The molecule has 2 aromatic rings. The Morgan fingerprint density at radius 2 is 2.11 bits per heavy atom. The quantitative estimate of drug-likeness (QED) is 0.651. The Balaban J connectivity index is 2.25. The highest BCUT2D eigenvalue weighted by Crippen LogP contribution is 2.18. The van der Waals surface area contributed by atoms with E-state index in [1.165, 1.54) is 17.8 Å². The van der Waals surface area contributed by atoms with Gasteiger partial charge in [-0.15, -0.1) is 0 Å². The first-order valence-electron chi connectivity index (χ1n) is 5.69. The summed E-state index contributed by atoms with van der Waals surface area (Å²) in [4.78, 5) is 29.7. The van der Waals surface area contributed by atoms with Crippen LogP contribution in [-0.4, -0.2) is 28.7 Å². The van der Waals surface area contributed by atoms with Gasteiger partial charge in [0.25, 0.3) is 5.56 Å². The van der Waals surface area contributed by atoms with Crippen LogP contribution in [-0.2, 0) is 4.79 Å². The average Bonchev–Trinajstić information content (AvgIpc) is 2.45. The van der Waals surface area contributed by atoms with Crippen molar-refractivity contribution < 1.29 is 4.79 Å². The van der Waals surface area contributed by atoms with Crippen molar-refractivity contribution in [2.75, 3.05) is 12.8 Å². The molecule has 0 radical (unpaired) electrons. The van der Waals surface area contributed by atoms with Gasteiger partial charge in [0.1, 0.15) is 0 Å². The number of hydrogen-bond donors (Lipinski definition) is 2. The molecule has 0 fully saturated rings. The van der Waals surface area contributed by atoms with Crippen molar-refractivity contribution in [1.82, 2.24) is 15.3 Å². The molecular formula is C13H13N3O2S. The van der Waals surface area contributed by atoms with Crippen LogP contribution in [0.15, 0.2) is 46.3 Å². The molecule has 0 unspecified atom stereocenters. The SMILES string of the molecule is CNC(=O)CSc1nc(-c2ccccc2)cc(=O)[nH]1. The number of amides is 1. The van der Waals surface area contributed by atoms with Gasteiger partial charge in [-0.3, -0.25) is 9.59 Å². The van der Waals surface area contributed by atoms with Gasteiger partial charge >= 0.3 is 0 Å². The van der Waals surface area contributed by atoms with Crippen LogP contribution in [0.1, 0.15) is 0 Å². The van der Waals surface area contributed by atoms with Gasteiger partial charge in [-0.05, 0) is 0 Å². The summed E-state index contributed by atoms with van der Waals surface area (Å²) in [5, 5.41) is 2.96. The Morgan fingerprint density at radius 1 is 1.37 bits per heavy atom. The van der Waals surface area contributed by atoms with E-state index in [2.05, 4.69) is 15.3 Å². The van der Waals surface area contributed by atoms with E-state index in [1.807, 2.05) is 30.3 Å². The van der Waals surface area contributed by atoms with Gasteiger partial charge in [0.05, 0.1) is 11.4 Å². The van der Waals surface area contributed by atoms with Gasteiger partial charge in [0.2, 0.25) is 5.91 Å². The molecule has 0 saturated carbocycles. The maximum absolute atomic E-state index is 11.6. The zero-order valence-corrected chi connectivity index (χ0v) is 11.2. The molecule has 2 rings (SSSR count). The number of carbonyl (C=O) groups is 1. The number of H-pyrrole nitrogens is 1. The third-order valence-electron chi connectivity index (χ3n) is 2.41. The van der Waals surface area contributed by atoms with E-state index in [0.717, 1.165) is 5.56 Å². The van der Waals surface area contributed by atoms with Crippen molar-refractivity contribution in [2.24, 2.45) is 0 Å². The molecule has 98 valence electrons. The molecular weight excluding hydrogens is 262 g/mol. The van der Waals surface area contributed by atoms with Crippen LogP contribution in [0.5, 0.6) is 0 Å². The second-order valence-electron chi connectivity index (χ2n) is 3.76. The number of carbonyl (C=O) groups excluding carboxylic acids is 1. The second kappa shape index (κ2) is 6.19. The van der Waals surface area contributed by atoms with E-state index < -0.39 is 0 Å². The highest BCUT2D eigenvalue weighted by molar-refractivity contribution is 7.99. The fourth-order valence-electron chi connectivity index (χ4n) is 1.47. The monoisotopic (exact) mass is 275 g/mol. The molecule has 5 nitrogen and oxygen atoms in total. The molecule has 0 spiro atoms. The topological polar surface area (TPSA) is 74.8 Å². The normalized spacial score (nSPS) is 10.2. The number of aromatic amines is 1. The summed E-state index contributed by atoms with van der Waals surface area (Å²) in [6.07, 6.45) is 0. The zero-order valence-electron chi connectivity index (χ0n) is 10.3. The van der Waals surface area contributed by atoms with Crippen LogP contribution in [0.3, 0.4) is 0 Å². The predicted molar refractivity (Wildman–Crippen MR) is 75.1 cm³/mol. The lowest BCUT2D eigenvalue weighted by molar-refractivity contribution is -0.118. The van der Waals surface area contributed by atoms with Crippen LogP contribution in [0.25, 0.3) is 11.3 Å². The lowest BCUT2D eigenvalue weighted by Gasteiger charge is -2.03. The molecule has 0 atom stereocenters. The minimum Gasteiger partial charge on any atom is -0.358 e. The molecule has 1 aromatic carbocycles. The molecule has 1 heterocycles. The number of benzene rings is 1. The molecule has 19 heavy (non-hydrogen) atoms. The molecule has 0 aliphatic carbocycles. The zero-order chi connectivity index (χ0) is 13.7. The molecule has 6 heteroatoms. The highest BCUT2D eigenvalue weighted by Gasteiger charge is 2.06. The van der Waals surface area contributed by atoms with E-state index in [9.17, 15) is 9.59 Å². The van der Waals surface area contributed by atoms with Crippen molar-refractivity contribution in [3.8, 4) is 11.3 Å². The third-order valence-corrected chi connectivity index (χ3v) is 3.28. The Kier molecular flexibility index (Phi) is 4.35. The van der Waals surface area contributed by atoms with Gasteiger partial charge in [-0.25, -0.2) is 4.98 Å². The summed E-state index contributed by atoms with van der Waals surface area (Å²) in [6, 6.07) is 10.9. The Labute approximate surface area is 114 Å². The predicted octanol–water partition coefficient (Wildman–Crippen LogP) is 1.27. The van der Waals surface area contributed by atoms with Crippen molar-refractivity contribution in [3.63, 3.8) is 0 Å². The van der Waals surface area contributed by atoms with E-state index in [-0.39, 0.29) is 17.2 Å². The largest absolute Gasteiger partial charge is 0.358 e. The average molecular weight is 275 g/mol. The van der Waals surface area contributed by atoms with Crippen molar-refractivity contribution in [1.29, 1.82) is 0 Å². The molecule has 0 bridgehead atoms. The lowest BCUT2D eigenvalue weighted by atomic mass is 10.1. The molecule has 1 aromatic heterocycles. The van der Waals surface area contributed by atoms with Gasteiger partial charge in [-0.1, -0.05) is 42.1 Å². The minimum absolute atomic E-state index is 0.113. The lowest BCUT2D eigenvalue weighted by Crippen LogP contribution is -2.20. The standard InChI is InChI=1S/C13H13N3O2S/c1-14-12(18)8-19-13-15-10(7-11(17)16-13)9-5-3-2-4-6-9/h2-7H,8H2,1H3,(H,14,18)(H,15,16,17). The van der Waals surface area contributed by atoms with E-state index in [1.54, 1.807) is 7.05 Å². The number of thioether (sulfide) groups is 1. The van der Waals surface area contributed by atoms with E-state index in [0.29, 0.717) is 10.9 Å². The summed E-state index contributed by atoms with van der Waals surface area (Å²) in [7, 11) is 1.57. The van der Waals surface area contributed by atoms with E-state index >= 15 is 0 Å². The fraction of sp³-hybridized carbons (Fsp3) is 0.154. The smallest absolute Gasteiger partial charge is 0.252 e. The summed E-state index contributed by atoms with van der Waals surface area (Å²) >= 11 is 1.20. The Bertz CT molecular complexity index is 625. The first kappa shape index (κ1) is 13.4. The van der Waals surface area contributed by atoms with Crippen molar-refractivity contribution in [3.05, 3.63) is 46.8 Å². The van der Waals surface area contributed by atoms with Crippen molar-refractivity contribution >= 4 is 17.7 Å². The number of nitrogens with zero attached hydrogens (tertiary/aromatic N) is 1. The van der Waals surface area contributed by atoms with Crippen LogP contribution in [0, 0.1) is 0 Å². The summed E-state index contributed by atoms with van der Waals surface area (Å²) in [6.45, 7) is 0. The number of nitrogens with one attached hydrogen (secondary N) is 2. The Morgan fingerprint density at radius 3 is 2.79 bits per heavy atom. The van der Waals surface area contributed by atoms with Crippen molar-refractivity contribution in [2.45, 2.75) is 5.16 Å². The Hall–Kier alpha value is -2.08. The number of rotatable bonds is 4. The third kappa shape index (κ3) is 3.69. The highest BCUT2D eigenvalue weighted by atomic mass is 32.2. The summed E-state index contributed by atoms with van der Waals surface area (Å²) in [5.74, 6) is 0.107. The molecule has 0 saturated heterocycles. The second-order valence-corrected chi connectivity index (χ2v) is 4.73. The molecule has 0 aliphatic heterocycles. The summed E-state index contributed by atoms with van der Waals surface area (Å²) < 4.78 is 0. The number of aromatic nitrogens is 2. The molecule has 2 N–H and O–H groups in total. The molecule has 0 aliphatic rings.